The van der Waals surface area contributed by atoms with Gasteiger partial charge in [-0.3, -0.25) is 24.0 Å². The molecule has 1 saturated carbocycles. The number of piperidine rings is 1. The van der Waals surface area contributed by atoms with Crippen LogP contribution in [-0.4, -0.2) is 75.9 Å². The van der Waals surface area contributed by atoms with E-state index in [2.05, 4.69) is 15.5 Å². The predicted octanol–water partition coefficient (Wildman–Crippen LogP) is 3.34. The number of benzene rings is 1. The largest absolute Gasteiger partial charge is 0.444 e. The molecule has 3 fully saturated rings. The summed E-state index contributed by atoms with van der Waals surface area (Å²) in [6, 6.07) is 2.50. The maximum Gasteiger partial charge on any atom is 0.407 e. The average molecular weight is 602 g/mol. The zero-order chi connectivity index (χ0) is 31.1. The number of fused-ring (bicyclic) bond motifs is 1. The molecule has 11 nitrogen and oxygen atoms in total. The van der Waals surface area contributed by atoms with Crippen LogP contribution in [0, 0.1) is 11.7 Å². The number of imidazole rings is 1. The fraction of sp³-hybridized carbons (Fsp3) is 0.677. The Morgan fingerprint density at radius 3 is 2.47 bits per heavy atom. The third-order valence-corrected chi connectivity index (χ3v) is 8.79. The second-order valence-electron chi connectivity index (χ2n) is 13.5. The minimum Gasteiger partial charge on any atom is -0.444 e. The van der Waals surface area contributed by atoms with E-state index in [9.17, 15) is 19.2 Å². The number of ether oxygens (including phenoxy) is 2. The van der Waals surface area contributed by atoms with E-state index in [4.69, 9.17) is 9.47 Å². The number of hydrogen-bond donors (Lipinski definition) is 2. The number of carbonyl (C=O) groups excluding carboxylic acids is 3. The summed E-state index contributed by atoms with van der Waals surface area (Å²) in [5.41, 5.74) is 0.149. The molecule has 2 N–H and O–H groups in total. The number of nitrogens with zero attached hydrogens (tertiary/aromatic N) is 3. The molecule has 2 aliphatic heterocycles. The van der Waals surface area contributed by atoms with Crippen LogP contribution in [0.15, 0.2) is 16.9 Å². The number of aromatic nitrogens is 2. The van der Waals surface area contributed by atoms with Gasteiger partial charge in [-0.1, -0.05) is 6.07 Å². The van der Waals surface area contributed by atoms with Crippen molar-refractivity contribution in [2.45, 2.75) is 95.9 Å². The molecule has 3 aliphatic rings. The van der Waals surface area contributed by atoms with Gasteiger partial charge in [-0.15, -0.1) is 0 Å². The number of amides is 3. The van der Waals surface area contributed by atoms with Crippen LogP contribution in [0.3, 0.4) is 0 Å². The summed E-state index contributed by atoms with van der Waals surface area (Å²) >= 11 is 0. The third-order valence-electron chi connectivity index (χ3n) is 8.79. The number of likely N-dealkylation sites (tertiary alicyclic amines) is 1. The summed E-state index contributed by atoms with van der Waals surface area (Å²) < 4.78 is 29.8. The molecule has 0 spiro atoms. The maximum absolute atomic E-state index is 15.8. The summed E-state index contributed by atoms with van der Waals surface area (Å²) in [5, 5.41) is 5.10. The highest BCUT2D eigenvalue weighted by Crippen LogP contribution is 2.35. The highest BCUT2D eigenvalue weighted by molar-refractivity contribution is 6.00. The number of aryl methyl sites for hydroxylation is 1. The number of alkyl carbamates (subject to hydrolysis) is 1. The Labute approximate surface area is 251 Å². The van der Waals surface area contributed by atoms with E-state index < -0.39 is 35.2 Å². The molecule has 1 unspecified atom stereocenters. The van der Waals surface area contributed by atoms with E-state index in [-0.39, 0.29) is 42.3 Å². The molecule has 1 aliphatic carbocycles. The van der Waals surface area contributed by atoms with E-state index in [1.165, 1.54) is 16.2 Å². The number of carbonyl (C=O) groups is 3. The van der Waals surface area contributed by atoms with E-state index in [0.29, 0.717) is 23.6 Å². The van der Waals surface area contributed by atoms with E-state index in [0.717, 1.165) is 45.3 Å². The summed E-state index contributed by atoms with van der Waals surface area (Å²) in [6.07, 6.45) is 4.18. The SMILES string of the molecule is C[C@H](COC1CCC(CN2CC(c3ccc4c(c3F)n(C)c(=O)n4C3CCC(=O)NC3=O)C2)CC1)NC(=O)OC(C)(C)C. The lowest BCUT2D eigenvalue weighted by Gasteiger charge is -2.42. The lowest BCUT2D eigenvalue weighted by atomic mass is 9.84. The van der Waals surface area contributed by atoms with Gasteiger partial charge < -0.3 is 19.7 Å². The molecule has 0 radical (unpaired) electrons. The second-order valence-corrected chi connectivity index (χ2v) is 13.5. The van der Waals surface area contributed by atoms with Crippen molar-refractivity contribution in [3.05, 3.63) is 34.0 Å². The fourth-order valence-electron chi connectivity index (χ4n) is 6.58. The number of rotatable bonds is 8. The van der Waals surface area contributed by atoms with Crippen molar-refractivity contribution in [2.75, 3.05) is 26.2 Å². The van der Waals surface area contributed by atoms with Crippen LogP contribution in [-0.2, 0) is 26.1 Å². The van der Waals surface area contributed by atoms with Gasteiger partial charge >= 0.3 is 11.8 Å². The van der Waals surface area contributed by atoms with Crippen molar-refractivity contribution >= 4 is 28.9 Å². The van der Waals surface area contributed by atoms with Gasteiger partial charge in [0, 0.05) is 39.0 Å². The van der Waals surface area contributed by atoms with E-state index in [1.807, 2.05) is 27.7 Å². The Morgan fingerprint density at radius 1 is 1.12 bits per heavy atom. The molecule has 5 rings (SSSR count). The lowest BCUT2D eigenvalue weighted by molar-refractivity contribution is -0.135. The monoisotopic (exact) mass is 601 g/mol. The normalized spacial score (nSPS) is 24.5. The van der Waals surface area contributed by atoms with Gasteiger partial charge in [0.2, 0.25) is 11.8 Å². The van der Waals surface area contributed by atoms with Crippen LogP contribution >= 0.6 is 0 Å². The zero-order valence-corrected chi connectivity index (χ0v) is 25.8. The molecule has 2 aromatic rings. The number of imide groups is 1. The van der Waals surface area contributed by atoms with Crippen molar-refractivity contribution in [2.24, 2.45) is 13.0 Å². The van der Waals surface area contributed by atoms with Gasteiger partial charge in [0.1, 0.15) is 17.2 Å². The summed E-state index contributed by atoms with van der Waals surface area (Å²) in [5.74, 6) is -0.708. The van der Waals surface area contributed by atoms with Crippen LogP contribution in [0.2, 0.25) is 0 Å². The van der Waals surface area contributed by atoms with Gasteiger partial charge in [0.15, 0.2) is 5.82 Å². The molecule has 236 valence electrons. The minimum absolute atomic E-state index is 0.0390. The summed E-state index contributed by atoms with van der Waals surface area (Å²) in [6.45, 7) is 10.3. The smallest absolute Gasteiger partial charge is 0.407 e. The molecule has 3 heterocycles. The first-order chi connectivity index (χ1) is 20.3. The standard InChI is InChI=1S/C31H44FN5O6/c1-18(33-29(40)43-31(2,3)4)17-42-21-8-6-19(7-9-21)14-36-15-20(16-36)22-10-11-23-27(26(22)32)35(5)30(41)37(23)24-12-13-25(38)34-28(24)39/h10-11,18-21,24H,6-9,12-17H2,1-5H3,(H,33,40)(H,34,38,39)/t18-,19?,21?,24?/m1/s1. The first kappa shape index (κ1) is 31.2. The first-order valence-corrected chi connectivity index (χ1v) is 15.4. The van der Waals surface area contributed by atoms with E-state index >= 15 is 4.39 Å². The lowest BCUT2D eigenvalue weighted by Crippen LogP contribution is -2.48. The van der Waals surface area contributed by atoms with E-state index in [1.54, 1.807) is 12.1 Å². The fourth-order valence-corrected chi connectivity index (χ4v) is 6.58. The molecule has 2 saturated heterocycles. The molecule has 0 bridgehead atoms. The molecule has 43 heavy (non-hydrogen) atoms. The van der Waals surface area contributed by atoms with Crippen molar-refractivity contribution in [3.8, 4) is 0 Å². The Bertz CT molecular complexity index is 1430. The molecule has 12 heteroatoms. The second kappa shape index (κ2) is 12.4. The molecule has 1 aromatic carbocycles. The van der Waals surface area contributed by atoms with Crippen molar-refractivity contribution in [3.63, 3.8) is 0 Å². The van der Waals surface area contributed by atoms with Crippen LogP contribution in [0.5, 0.6) is 0 Å². The Balaban J connectivity index is 1.10. The molecule has 1 aromatic heterocycles. The third kappa shape index (κ3) is 6.95. The van der Waals surface area contributed by atoms with Gasteiger partial charge in [0.05, 0.1) is 24.3 Å². The molecular weight excluding hydrogens is 557 g/mol. The summed E-state index contributed by atoms with van der Waals surface area (Å²) in [7, 11) is 1.52. The van der Waals surface area contributed by atoms with Crippen molar-refractivity contribution in [1.29, 1.82) is 0 Å². The Morgan fingerprint density at radius 2 is 1.81 bits per heavy atom. The van der Waals surface area contributed by atoms with Gasteiger partial charge in [-0.25, -0.2) is 14.0 Å². The quantitative estimate of drug-likeness (QED) is 0.445. The van der Waals surface area contributed by atoms with Crippen molar-refractivity contribution in [1.82, 2.24) is 24.7 Å². The Kier molecular flexibility index (Phi) is 8.99. The van der Waals surface area contributed by atoms with Crippen LogP contribution in [0.4, 0.5) is 9.18 Å². The number of halogens is 1. The van der Waals surface area contributed by atoms with Gasteiger partial charge in [-0.05, 0) is 77.3 Å². The topological polar surface area (TPSA) is 124 Å². The zero-order valence-electron chi connectivity index (χ0n) is 25.8. The number of nitrogens with one attached hydrogen (secondary N) is 2. The maximum atomic E-state index is 15.8. The molecular formula is C31H44FN5O6. The van der Waals surface area contributed by atoms with Gasteiger partial charge in [-0.2, -0.15) is 0 Å². The number of hydrogen-bond acceptors (Lipinski definition) is 7. The summed E-state index contributed by atoms with van der Waals surface area (Å²) in [4.78, 5) is 51.4. The average Bonchev–Trinajstić information content (AvgIpc) is 3.15. The molecule has 2 atom stereocenters. The molecule has 3 amide bonds. The van der Waals surface area contributed by atoms with Crippen LogP contribution < -0.4 is 16.3 Å². The van der Waals surface area contributed by atoms with Gasteiger partial charge in [0.25, 0.3) is 0 Å². The van der Waals surface area contributed by atoms with Crippen LogP contribution in [0.1, 0.15) is 83.7 Å². The highest BCUT2D eigenvalue weighted by Gasteiger charge is 2.36. The van der Waals surface area contributed by atoms with Crippen molar-refractivity contribution < 1.29 is 28.2 Å². The highest BCUT2D eigenvalue weighted by atomic mass is 19.1. The minimum atomic E-state index is -0.837. The Hall–Kier alpha value is -3.25. The first-order valence-electron chi connectivity index (χ1n) is 15.4. The van der Waals surface area contributed by atoms with Crippen LogP contribution in [0.25, 0.3) is 11.0 Å². The predicted molar refractivity (Wildman–Crippen MR) is 158 cm³/mol.